The number of aryl methyl sites for hydroxylation is 1. The average Bonchev–Trinajstić information content (AvgIpc) is 2.75. The van der Waals surface area contributed by atoms with Crippen molar-refractivity contribution in [3.05, 3.63) is 87.9 Å². The lowest BCUT2D eigenvalue weighted by atomic mass is 10.2. The van der Waals surface area contributed by atoms with Gasteiger partial charge in [0.05, 0.1) is 23.8 Å². The lowest BCUT2D eigenvalue weighted by Gasteiger charge is -2.09. The number of sulfonamides is 1. The summed E-state index contributed by atoms with van der Waals surface area (Å²) in [6.45, 7) is 1.87. The van der Waals surface area contributed by atoms with Crippen molar-refractivity contribution in [2.24, 2.45) is 5.10 Å². The van der Waals surface area contributed by atoms with Crippen LogP contribution < -0.4 is 14.3 Å². The summed E-state index contributed by atoms with van der Waals surface area (Å²) in [5.41, 5.74) is 1.69. The highest BCUT2D eigenvalue weighted by atomic mass is 79.9. The molecule has 160 valence electrons. The quantitative estimate of drug-likeness (QED) is 0.225. The zero-order valence-electron chi connectivity index (χ0n) is 16.7. The maximum Gasteiger partial charge on any atom is 0.343 e. The van der Waals surface area contributed by atoms with E-state index in [-0.39, 0.29) is 10.6 Å². The van der Waals surface area contributed by atoms with Gasteiger partial charge in [-0.2, -0.15) is 13.5 Å². The minimum Gasteiger partial charge on any atom is -0.497 e. The Morgan fingerprint density at radius 1 is 1.03 bits per heavy atom. The number of hydrazone groups is 1. The van der Waals surface area contributed by atoms with Gasteiger partial charge in [0.2, 0.25) is 0 Å². The van der Waals surface area contributed by atoms with Gasteiger partial charge < -0.3 is 9.47 Å². The van der Waals surface area contributed by atoms with E-state index in [1.807, 2.05) is 6.92 Å². The first-order chi connectivity index (χ1) is 14.8. The molecule has 7 nitrogen and oxygen atoms in total. The fourth-order valence-corrected chi connectivity index (χ4v) is 3.70. The molecule has 0 fully saturated rings. The summed E-state index contributed by atoms with van der Waals surface area (Å²) in [5, 5.41) is 3.82. The number of benzene rings is 3. The number of methoxy groups -OCH3 is 1. The van der Waals surface area contributed by atoms with Crippen molar-refractivity contribution in [3.63, 3.8) is 0 Å². The Labute approximate surface area is 188 Å². The third-order valence-corrected chi connectivity index (χ3v) is 5.94. The topological polar surface area (TPSA) is 94.1 Å². The van der Waals surface area contributed by atoms with Gasteiger partial charge in [0, 0.05) is 10.0 Å². The van der Waals surface area contributed by atoms with Crippen molar-refractivity contribution in [1.29, 1.82) is 0 Å². The molecule has 0 amide bonds. The molecule has 0 atom stereocenters. The third-order valence-electron chi connectivity index (χ3n) is 4.21. The van der Waals surface area contributed by atoms with E-state index in [4.69, 9.17) is 9.47 Å². The van der Waals surface area contributed by atoms with Crippen LogP contribution >= 0.6 is 15.9 Å². The van der Waals surface area contributed by atoms with Crippen molar-refractivity contribution in [2.45, 2.75) is 11.8 Å². The Kier molecular flexibility index (Phi) is 7.09. The molecule has 0 radical (unpaired) electrons. The molecule has 0 saturated carbocycles. The fraction of sp³-hybridized carbons (Fsp3) is 0.0909. The molecule has 0 aromatic heterocycles. The first-order valence-electron chi connectivity index (χ1n) is 9.06. The Morgan fingerprint density at radius 2 is 1.71 bits per heavy atom. The van der Waals surface area contributed by atoms with Crippen LogP contribution in [-0.4, -0.2) is 27.7 Å². The van der Waals surface area contributed by atoms with Crippen molar-refractivity contribution in [2.75, 3.05) is 7.11 Å². The van der Waals surface area contributed by atoms with Gasteiger partial charge in [0.15, 0.2) is 0 Å². The minimum absolute atomic E-state index is 0.0932. The molecule has 0 bridgehead atoms. The molecular formula is C22H19BrN2O5S. The molecule has 1 N–H and O–H groups in total. The zero-order valence-corrected chi connectivity index (χ0v) is 19.1. The summed E-state index contributed by atoms with van der Waals surface area (Å²) >= 11 is 3.34. The van der Waals surface area contributed by atoms with Crippen LogP contribution in [0.25, 0.3) is 0 Å². The summed E-state index contributed by atoms with van der Waals surface area (Å²) in [7, 11) is -2.29. The Morgan fingerprint density at radius 3 is 2.35 bits per heavy atom. The molecule has 31 heavy (non-hydrogen) atoms. The molecule has 9 heteroatoms. The summed E-state index contributed by atoms with van der Waals surface area (Å²) in [5.74, 6) is 0.274. The molecule has 0 saturated heterocycles. The van der Waals surface area contributed by atoms with Gasteiger partial charge in [-0.15, -0.1) is 0 Å². The fourth-order valence-electron chi connectivity index (χ4n) is 2.53. The number of hydrogen-bond acceptors (Lipinski definition) is 6. The van der Waals surface area contributed by atoms with E-state index in [0.29, 0.717) is 21.3 Å². The van der Waals surface area contributed by atoms with Crippen molar-refractivity contribution in [1.82, 2.24) is 4.83 Å². The molecule has 0 aliphatic carbocycles. The lowest BCUT2D eigenvalue weighted by molar-refractivity contribution is 0.0734. The van der Waals surface area contributed by atoms with E-state index in [1.54, 1.807) is 54.6 Å². The van der Waals surface area contributed by atoms with Gasteiger partial charge in [0.25, 0.3) is 10.0 Å². The van der Waals surface area contributed by atoms with Crippen LogP contribution in [-0.2, 0) is 10.0 Å². The van der Waals surface area contributed by atoms with E-state index in [0.717, 1.165) is 5.56 Å². The van der Waals surface area contributed by atoms with Gasteiger partial charge in [-0.25, -0.2) is 9.63 Å². The highest BCUT2D eigenvalue weighted by Crippen LogP contribution is 2.23. The molecule has 0 aliphatic rings. The number of esters is 1. The largest absolute Gasteiger partial charge is 0.497 e. The highest BCUT2D eigenvalue weighted by molar-refractivity contribution is 9.10. The second-order valence-electron chi connectivity index (χ2n) is 6.47. The van der Waals surface area contributed by atoms with Gasteiger partial charge in [0.1, 0.15) is 11.5 Å². The van der Waals surface area contributed by atoms with Crippen LogP contribution in [0.2, 0.25) is 0 Å². The maximum absolute atomic E-state index is 12.5. The summed E-state index contributed by atoms with van der Waals surface area (Å²) in [6, 6.07) is 17.8. The smallest absolute Gasteiger partial charge is 0.343 e. The van der Waals surface area contributed by atoms with Crippen molar-refractivity contribution < 1.29 is 22.7 Å². The van der Waals surface area contributed by atoms with Gasteiger partial charge in [-0.05, 0) is 61.5 Å². The molecular weight excluding hydrogens is 484 g/mol. The standard InChI is InChI=1S/C22H19BrN2O5S/c1-15-3-10-20(11-4-15)31(27,28)25-24-14-17-13-18(23)7-12-21(17)30-22(26)16-5-8-19(29-2)9-6-16/h3-14,25H,1-2H3/b24-14-. The van der Waals surface area contributed by atoms with E-state index < -0.39 is 16.0 Å². The number of carbonyl (C=O) groups excluding carboxylic acids is 1. The van der Waals surface area contributed by atoms with Gasteiger partial charge in [-0.3, -0.25) is 0 Å². The van der Waals surface area contributed by atoms with Gasteiger partial charge >= 0.3 is 5.97 Å². The predicted octanol–water partition coefficient (Wildman–Crippen LogP) is 4.30. The second-order valence-corrected chi connectivity index (χ2v) is 9.04. The van der Waals surface area contributed by atoms with Crippen molar-refractivity contribution in [3.8, 4) is 11.5 Å². The number of ether oxygens (including phenoxy) is 2. The normalized spacial score (nSPS) is 11.3. The Hall–Kier alpha value is -3.17. The Balaban J connectivity index is 1.77. The van der Waals surface area contributed by atoms with Crippen molar-refractivity contribution >= 4 is 38.1 Å². The minimum atomic E-state index is -3.82. The number of nitrogens with one attached hydrogen (secondary N) is 1. The number of halogens is 1. The summed E-state index contributed by atoms with van der Waals surface area (Å²) < 4.78 is 36.0. The SMILES string of the molecule is COc1ccc(C(=O)Oc2ccc(Br)cc2/C=N\NS(=O)(=O)c2ccc(C)cc2)cc1. The molecule has 0 spiro atoms. The first kappa shape index (κ1) is 22.5. The van der Waals surface area contributed by atoms with E-state index in [9.17, 15) is 13.2 Å². The molecule has 3 aromatic carbocycles. The van der Waals surface area contributed by atoms with Gasteiger partial charge in [-0.1, -0.05) is 33.6 Å². The van der Waals surface area contributed by atoms with Crippen LogP contribution in [0.4, 0.5) is 0 Å². The van der Waals surface area contributed by atoms with Crippen LogP contribution in [0.1, 0.15) is 21.5 Å². The number of rotatable bonds is 7. The summed E-state index contributed by atoms with van der Waals surface area (Å²) in [4.78, 5) is 14.7. The third kappa shape index (κ3) is 5.93. The van der Waals surface area contributed by atoms with Crippen LogP contribution in [0.5, 0.6) is 11.5 Å². The molecule has 0 aliphatic heterocycles. The van der Waals surface area contributed by atoms with E-state index in [2.05, 4.69) is 25.9 Å². The van der Waals surface area contributed by atoms with Crippen LogP contribution in [0.15, 0.2) is 81.2 Å². The first-order valence-corrected chi connectivity index (χ1v) is 11.3. The van der Waals surface area contributed by atoms with E-state index in [1.165, 1.54) is 25.5 Å². The zero-order chi connectivity index (χ0) is 22.4. The molecule has 0 heterocycles. The lowest BCUT2D eigenvalue weighted by Crippen LogP contribution is -2.18. The summed E-state index contributed by atoms with van der Waals surface area (Å²) in [6.07, 6.45) is 1.27. The number of hydrogen-bond donors (Lipinski definition) is 1. The van der Waals surface area contributed by atoms with E-state index >= 15 is 0 Å². The highest BCUT2D eigenvalue weighted by Gasteiger charge is 2.14. The molecule has 0 unspecified atom stereocenters. The Bertz CT molecular complexity index is 1210. The second kappa shape index (κ2) is 9.76. The number of nitrogens with zero attached hydrogens (tertiary/aromatic N) is 1. The molecule has 3 aromatic rings. The predicted molar refractivity (Wildman–Crippen MR) is 121 cm³/mol. The maximum atomic E-state index is 12.5. The number of carbonyl (C=O) groups is 1. The van der Waals surface area contributed by atoms with Crippen LogP contribution in [0.3, 0.4) is 0 Å². The monoisotopic (exact) mass is 502 g/mol. The molecule has 3 rings (SSSR count). The van der Waals surface area contributed by atoms with Crippen LogP contribution in [0, 0.1) is 6.92 Å². The average molecular weight is 503 g/mol.